The van der Waals surface area contributed by atoms with E-state index in [2.05, 4.69) is 6.92 Å². The van der Waals surface area contributed by atoms with Crippen molar-refractivity contribution >= 4 is 23.2 Å². The van der Waals surface area contributed by atoms with E-state index >= 15 is 0 Å². The maximum atomic E-state index is 6.05. The molecule has 0 fully saturated rings. The highest BCUT2D eigenvalue weighted by Gasteiger charge is 2.22. The van der Waals surface area contributed by atoms with Crippen LogP contribution in [0.4, 0.5) is 0 Å². The number of fused-ring (bicyclic) bond motifs is 1. The van der Waals surface area contributed by atoms with Crippen LogP contribution in [-0.4, -0.2) is 6.29 Å². The normalized spacial score (nSPS) is 19.5. The first kappa shape index (κ1) is 11.1. The molecule has 82 valence electrons. The molecule has 0 bridgehead atoms. The van der Waals surface area contributed by atoms with Gasteiger partial charge in [0.15, 0.2) is 6.29 Å². The fourth-order valence-electron chi connectivity index (χ4n) is 1.58. The van der Waals surface area contributed by atoms with Crippen LogP contribution in [0.1, 0.15) is 25.3 Å². The first-order valence-electron chi connectivity index (χ1n) is 4.97. The molecule has 1 atom stereocenters. The number of hydrogen-bond donors (Lipinski definition) is 0. The van der Waals surface area contributed by atoms with Crippen molar-refractivity contribution in [1.82, 2.24) is 0 Å². The number of ether oxygens (including phenoxy) is 2. The summed E-state index contributed by atoms with van der Waals surface area (Å²) >= 11 is 11.9. The molecule has 0 saturated carbocycles. The molecular weight excluding hydrogens is 235 g/mol. The maximum absolute atomic E-state index is 6.05. The predicted molar refractivity (Wildman–Crippen MR) is 60.6 cm³/mol. The largest absolute Gasteiger partial charge is 0.463 e. The topological polar surface area (TPSA) is 18.5 Å². The summed E-state index contributed by atoms with van der Waals surface area (Å²) in [5.74, 6) is 0.714. The minimum absolute atomic E-state index is 0.179. The number of hydrogen-bond acceptors (Lipinski definition) is 2. The molecule has 1 unspecified atom stereocenters. The molecule has 0 aromatic heterocycles. The Kier molecular flexibility index (Phi) is 3.39. The maximum Gasteiger partial charge on any atom is 0.200 e. The van der Waals surface area contributed by atoms with Crippen molar-refractivity contribution in [2.75, 3.05) is 0 Å². The van der Waals surface area contributed by atoms with Crippen molar-refractivity contribution in [3.8, 4) is 5.75 Å². The SMILES string of the molecule is CCCC1OCc2cc(Cl)cc(Cl)c2O1. The molecule has 2 rings (SSSR count). The van der Waals surface area contributed by atoms with E-state index in [9.17, 15) is 0 Å². The Morgan fingerprint density at radius 1 is 1.40 bits per heavy atom. The smallest absolute Gasteiger partial charge is 0.200 e. The quantitative estimate of drug-likeness (QED) is 0.785. The van der Waals surface area contributed by atoms with Crippen LogP contribution in [0.15, 0.2) is 12.1 Å². The molecule has 1 aromatic carbocycles. The fraction of sp³-hybridized carbons (Fsp3) is 0.455. The van der Waals surface area contributed by atoms with Crippen LogP contribution in [0, 0.1) is 0 Å². The van der Waals surface area contributed by atoms with E-state index in [1.54, 1.807) is 6.07 Å². The molecule has 1 heterocycles. The molecule has 0 spiro atoms. The zero-order chi connectivity index (χ0) is 10.8. The summed E-state index contributed by atoms with van der Waals surface area (Å²) in [6.07, 6.45) is 1.71. The van der Waals surface area contributed by atoms with E-state index in [1.165, 1.54) is 0 Å². The van der Waals surface area contributed by atoms with Gasteiger partial charge in [-0.25, -0.2) is 0 Å². The van der Waals surface area contributed by atoms with E-state index in [1.807, 2.05) is 6.07 Å². The van der Waals surface area contributed by atoms with Crippen molar-refractivity contribution in [2.45, 2.75) is 32.7 Å². The van der Waals surface area contributed by atoms with Gasteiger partial charge in [0, 0.05) is 17.0 Å². The molecule has 0 N–H and O–H groups in total. The van der Waals surface area contributed by atoms with Crippen molar-refractivity contribution < 1.29 is 9.47 Å². The standard InChI is InChI=1S/C11H12Cl2O2/c1-2-3-10-14-6-7-4-8(12)5-9(13)11(7)15-10/h4-5,10H,2-3,6H2,1H3. The van der Waals surface area contributed by atoms with E-state index < -0.39 is 0 Å². The fourth-order valence-corrected chi connectivity index (χ4v) is 2.16. The molecular formula is C11H12Cl2O2. The van der Waals surface area contributed by atoms with Gasteiger partial charge >= 0.3 is 0 Å². The minimum atomic E-state index is -0.179. The van der Waals surface area contributed by atoms with Crippen LogP contribution in [0.2, 0.25) is 10.0 Å². The second-order valence-electron chi connectivity index (χ2n) is 3.52. The monoisotopic (exact) mass is 246 g/mol. The lowest BCUT2D eigenvalue weighted by atomic mass is 10.2. The second kappa shape index (κ2) is 4.60. The average Bonchev–Trinajstić information content (AvgIpc) is 2.19. The number of benzene rings is 1. The van der Waals surface area contributed by atoms with E-state index in [0.717, 1.165) is 18.4 Å². The van der Waals surface area contributed by atoms with Crippen LogP contribution < -0.4 is 4.74 Å². The van der Waals surface area contributed by atoms with Gasteiger partial charge in [0.2, 0.25) is 0 Å². The molecule has 1 aliphatic rings. The molecule has 2 nitrogen and oxygen atoms in total. The third-order valence-electron chi connectivity index (χ3n) is 2.28. The van der Waals surface area contributed by atoms with Gasteiger partial charge in [-0.3, -0.25) is 0 Å². The Morgan fingerprint density at radius 3 is 2.93 bits per heavy atom. The first-order valence-corrected chi connectivity index (χ1v) is 5.72. The summed E-state index contributed by atoms with van der Waals surface area (Å²) in [6, 6.07) is 3.52. The third-order valence-corrected chi connectivity index (χ3v) is 2.78. The van der Waals surface area contributed by atoms with Crippen LogP contribution >= 0.6 is 23.2 Å². The van der Waals surface area contributed by atoms with Gasteiger partial charge in [0.05, 0.1) is 11.6 Å². The molecule has 0 aliphatic carbocycles. The third kappa shape index (κ3) is 2.39. The van der Waals surface area contributed by atoms with Crippen molar-refractivity contribution in [2.24, 2.45) is 0 Å². The highest BCUT2D eigenvalue weighted by molar-refractivity contribution is 6.35. The Bertz CT molecular complexity index is 366. The van der Waals surface area contributed by atoms with Gasteiger partial charge in [0.1, 0.15) is 5.75 Å². The van der Waals surface area contributed by atoms with Crippen molar-refractivity contribution in [3.05, 3.63) is 27.7 Å². The zero-order valence-electron chi connectivity index (χ0n) is 8.43. The Balaban J connectivity index is 2.25. The van der Waals surface area contributed by atoms with Crippen molar-refractivity contribution in [3.63, 3.8) is 0 Å². The lowest BCUT2D eigenvalue weighted by Crippen LogP contribution is -2.25. The van der Waals surface area contributed by atoms with E-state index in [0.29, 0.717) is 22.4 Å². The molecule has 0 saturated heterocycles. The molecule has 15 heavy (non-hydrogen) atoms. The summed E-state index contributed by atoms with van der Waals surface area (Å²) < 4.78 is 11.2. The highest BCUT2D eigenvalue weighted by Crippen LogP contribution is 2.36. The summed E-state index contributed by atoms with van der Waals surface area (Å²) in [5, 5.41) is 1.17. The number of rotatable bonds is 2. The number of halogens is 2. The minimum Gasteiger partial charge on any atom is -0.463 e. The predicted octanol–water partition coefficient (Wildman–Crippen LogP) is 4.03. The highest BCUT2D eigenvalue weighted by atomic mass is 35.5. The molecule has 1 aliphatic heterocycles. The van der Waals surface area contributed by atoms with Gasteiger partial charge < -0.3 is 9.47 Å². The van der Waals surface area contributed by atoms with Crippen LogP contribution in [0.3, 0.4) is 0 Å². The summed E-state index contributed by atoms with van der Waals surface area (Å²) in [5.41, 5.74) is 0.917. The van der Waals surface area contributed by atoms with Crippen LogP contribution in [0.5, 0.6) is 5.75 Å². The van der Waals surface area contributed by atoms with Crippen molar-refractivity contribution in [1.29, 1.82) is 0 Å². The summed E-state index contributed by atoms with van der Waals surface area (Å²) in [4.78, 5) is 0. The molecule has 0 radical (unpaired) electrons. The molecule has 1 aromatic rings. The van der Waals surface area contributed by atoms with Gasteiger partial charge in [0.25, 0.3) is 0 Å². The van der Waals surface area contributed by atoms with Gasteiger partial charge in [-0.1, -0.05) is 36.5 Å². The lowest BCUT2D eigenvalue weighted by Gasteiger charge is -2.27. The summed E-state index contributed by atoms with van der Waals surface area (Å²) in [7, 11) is 0. The van der Waals surface area contributed by atoms with E-state index in [-0.39, 0.29) is 6.29 Å². The Labute approximate surface area is 99.1 Å². The summed E-state index contributed by atoms with van der Waals surface area (Å²) in [6.45, 7) is 2.60. The first-order chi connectivity index (χ1) is 7.20. The van der Waals surface area contributed by atoms with Crippen LogP contribution in [-0.2, 0) is 11.3 Å². The zero-order valence-corrected chi connectivity index (χ0v) is 9.94. The molecule has 0 amide bonds. The van der Waals surface area contributed by atoms with E-state index in [4.69, 9.17) is 32.7 Å². The average molecular weight is 247 g/mol. The molecule has 4 heteroatoms. The Morgan fingerprint density at radius 2 is 2.20 bits per heavy atom. The van der Waals surface area contributed by atoms with Gasteiger partial charge in [-0.05, 0) is 12.1 Å². The van der Waals surface area contributed by atoms with Gasteiger partial charge in [-0.15, -0.1) is 0 Å². The lowest BCUT2D eigenvalue weighted by molar-refractivity contribution is -0.111. The second-order valence-corrected chi connectivity index (χ2v) is 4.37. The van der Waals surface area contributed by atoms with Crippen LogP contribution in [0.25, 0.3) is 0 Å². The van der Waals surface area contributed by atoms with Gasteiger partial charge in [-0.2, -0.15) is 0 Å². The Hall–Kier alpha value is -0.440.